The molecule has 1 aromatic heterocycles. The van der Waals surface area contributed by atoms with E-state index in [1.165, 1.54) is 24.4 Å². The number of ketones is 1. The first-order valence-electron chi connectivity index (χ1n) is 9.52. The van der Waals surface area contributed by atoms with Crippen molar-refractivity contribution in [1.29, 1.82) is 0 Å². The molecule has 9 heteroatoms. The molecule has 2 aliphatic heterocycles. The van der Waals surface area contributed by atoms with E-state index in [-0.39, 0.29) is 28.6 Å². The number of hydrogen-bond acceptors (Lipinski definition) is 6. The number of Topliss-reactive ketones (excluding diaryl/α,β-unsaturated/α-hetero) is 1. The highest BCUT2D eigenvalue weighted by Gasteiger charge is 2.47. The molecule has 1 saturated heterocycles. The number of benzene rings is 2. The number of ether oxygens (including phenoxy) is 2. The zero-order valence-electron chi connectivity index (χ0n) is 16.3. The van der Waals surface area contributed by atoms with Gasteiger partial charge in [-0.3, -0.25) is 19.5 Å². The van der Waals surface area contributed by atoms with E-state index in [4.69, 9.17) is 21.1 Å². The maximum absolute atomic E-state index is 13.7. The van der Waals surface area contributed by atoms with Gasteiger partial charge in [-0.05, 0) is 48.5 Å². The molecule has 1 unspecified atom stereocenters. The van der Waals surface area contributed by atoms with Gasteiger partial charge in [-0.25, -0.2) is 4.39 Å². The number of halogens is 2. The fourth-order valence-electron chi connectivity index (χ4n) is 3.75. The van der Waals surface area contributed by atoms with Crippen LogP contribution in [0.3, 0.4) is 0 Å². The number of hydrogen-bond donors (Lipinski definition) is 1. The minimum Gasteiger partial charge on any atom is -0.507 e. The highest BCUT2D eigenvalue weighted by molar-refractivity contribution is 6.51. The first-order chi connectivity index (χ1) is 15.5. The lowest BCUT2D eigenvalue weighted by Gasteiger charge is -2.24. The quantitative estimate of drug-likeness (QED) is 0.363. The molecule has 3 aromatic rings. The van der Waals surface area contributed by atoms with Gasteiger partial charge in [0.15, 0.2) is 11.5 Å². The molecule has 1 atom stereocenters. The topological polar surface area (TPSA) is 89.0 Å². The van der Waals surface area contributed by atoms with Crippen molar-refractivity contribution >= 4 is 34.7 Å². The summed E-state index contributed by atoms with van der Waals surface area (Å²) < 4.78 is 24.4. The van der Waals surface area contributed by atoms with E-state index in [2.05, 4.69) is 4.98 Å². The number of pyridine rings is 1. The van der Waals surface area contributed by atoms with Crippen molar-refractivity contribution in [3.8, 4) is 11.5 Å². The highest BCUT2D eigenvalue weighted by Crippen LogP contribution is 2.43. The van der Waals surface area contributed by atoms with Gasteiger partial charge in [0.25, 0.3) is 11.7 Å². The van der Waals surface area contributed by atoms with Crippen molar-refractivity contribution in [3.63, 3.8) is 0 Å². The lowest BCUT2D eigenvalue weighted by atomic mass is 9.98. The lowest BCUT2D eigenvalue weighted by molar-refractivity contribution is -0.132. The van der Waals surface area contributed by atoms with E-state index >= 15 is 0 Å². The summed E-state index contributed by atoms with van der Waals surface area (Å²) in [7, 11) is 0. The first-order valence-corrected chi connectivity index (χ1v) is 9.90. The highest BCUT2D eigenvalue weighted by atomic mass is 35.5. The van der Waals surface area contributed by atoms with Crippen LogP contribution >= 0.6 is 11.6 Å². The van der Waals surface area contributed by atoms with Crippen LogP contribution in [0.4, 0.5) is 10.1 Å². The smallest absolute Gasteiger partial charge is 0.300 e. The molecule has 3 heterocycles. The fourth-order valence-corrected chi connectivity index (χ4v) is 3.93. The molecule has 0 radical (unpaired) electrons. The molecule has 1 amide bonds. The van der Waals surface area contributed by atoms with Crippen LogP contribution in [0.25, 0.3) is 5.76 Å². The summed E-state index contributed by atoms with van der Waals surface area (Å²) in [5.41, 5.74) is 0.645. The van der Waals surface area contributed by atoms with Crippen molar-refractivity contribution in [2.75, 3.05) is 11.7 Å². The molecular weight excluding hydrogens is 439 g/mol. The minimum atomic E-state index is -1.05. The molecule has 2 aromatic carbocycles. The van der Waals surface area contributed by atoms with Crippen LogP contribution in [0.5, 0.6) is 11.5 Å². The van der Waals surface area contributed by atoms with Crippen molar-refractivity contribution in [3.05, 3.63) is 88.5 Å². The van der Waals surface area contributed by atoms with E-state index < -0.39 is 29.3 Å². The van der Waals surface area contributed by atoms with Crippen LogP contribution in [0.1, 0.15) is 17.3 Å². The summed E-state index contributed by atoms with van der Waals surface area (Å²) in [6, 6.07) is 12.3. The van der Waals surface area contributed by atoms with Crippen LogP contribution in [-0.2, 0) is 9.59 Å². The third-order valence-electron chi connectivity index (χ3n) is 5.24. The van der Waals surface area contributed by atoms with Gasteiger partial charge in [-0.2, -0.15) is 0 Å². The van der Waals surface area contributed by atoms with Crippen LogP contribution < -0.4 is 14.4 Å². The molecule has 32 heavy (non-hydrogen) atoms. The maximum atomic E-state index is 13.7. The van der Waals surface area contributed by atoms with E-state index in [0.717, 1.165) is 11.0 Å². The molecule has 160 valence electrons. The van der Waals surface area contributed by atoms with Crippen molar-refractivity contribution < 1.29 is 28.6 Å². The third kappa shape index (κ3) is 3.16. The summed E-state index contributed by atoms with van der Waals surface area (Å²) in [6.07, 6.45) is 1.51. The Morgan fingerprint density at radius 1 is 1.09 bits per heavy atom. The Balaban J connectivity index is 1.70. The van der Waals surface area contributed by atoms with Crippen LogP contribution in [-0.4, -0.2) is 28.6 Å². The van der Waals surface area contributed by atoms with E-state index in [1.54, 1.807) is 30.3 Å². The van der Waals surface area contributed by atoms with E-state index in [0.29, 0.717) is 17.2 Å². The molecule has 7 nitrogen and oxygen atoms in total. The molecule has 2 aliphatic rings. The number of rotatable bonds is 3. The second kappa shape index (κ2) is 7.65. The Bertz CT molecular complexity index is 1290. The summed E-state index contributed by atoms with van der Waals surface area (Å²) in [4.78, 5) is 31.5. The van der Waals surface area contributed by atoms with Crippen molar-refractivity contribution in [2.45, 2.75) is 6.04 Å². The van der Waals surface area contributed by atoms with Gasteiger partial charge in [0.05, 0.1) is 16.3 Å². The Morgan fingerprint density at radius 3 is 2.66 bits per heavy atom. The number of fused-ring (bicyclic) bond motifs is 1. The molecule has 1 fully saturated rings. The van der Waals surface area contributed by atoms with Crippen LogP contribution in [0, 0.1) is 5.82 Å². The molecular formula is C23H14ClFN2O5. The average molecular weight is 453 g/mol. The Hall–Kier alpha value is -3.91. The van der Waals surface area contributed by atoms with Crippen LogP contribution in [0.15, 0.2) is 66.4 Å². The average Bonchev–Trinajstić information content (AvgIpc) is 3.38. The summed E-state index contributed by atoms with van der Waals surface area (Å²) in [6.45, 7) is 0.0448. The third-order valence-corrected chi connectivity index (χ3v) is 5.53. The van der Waals surface area contributed by atoms with Gasteiger partial charge >= 0.3 is 0 Å². The summed E-state index contributed by atoms with van der Waals surface area (Å²) in [5, 5.41) is 10.9. The molecule has 0 bridgehead atoms. The second-order valence-corrected chi connectivity index (χ2v) is 7.50. The normalized spacial score (nSPS) is 18.9. The minimum absolute atomic E-state index is 0.0448. The molecule has 5 rings (SSSR count). The van der Waals surface area contributed by atoms with Crippen molar-refractivity contribution in [2.24, 2.45) is 0 Å². The first kappa shape index (κ1) is 20.0. The second-order valence-electron chi connectivity index (χ2n) is 7.09. The number of carbonyl (C=O) groups is 2. The number of aliphatic hydroxyl groups is 1. The molecule has 0 aliphatic carbocycles. The Labute approximate surface area is 186 Å². The zero-order valence-corrected chi connectivity index (χ0v) is 17.0. The number of amides is 1. The zero-order chi connectivity index (χ0) is 22.4. The van der Waals surface area contributed by atoms with Gasteiger partial charge < -0.3 is 14.6 Å². The fraction of sp³-hybridized carbons (Fsp3) is 0.0870. The Kier molecular flexibility index (Phi) is 4.79. The lowest BCUT2D eigenvalue weighted by Crippen LogP contribution is -2.29. The summed E-state index contributed by atoms with van der Waals surface area (Å²) in [5.74, 6) is -1.95. The Morgan fingerprint density at radius 2 is 1.91 bits per heavy atom. The summed E-state index contributed by atoms with van der Waals surface area (Å²) >= 11 is 5.92. The predicted octanol–water partition coefficient (Wildman–Crippen LogP) is 4.23. The number of anilines is 1. The molecule has 0 saturated carbocycles. The van der Waals surface area contributed by atoms with Crippen LogP contribution in [0.2, 0.25) is 5.02 Å². The van der Waals surface area contributed by atoms with E-state index in [9.17, 15) is 19.1 Å². The SMILES string of the molecule is O=C1C(=O)N(c2ccc(F)c(Cl)c2)C(c2ccccn2)/C1=C(/O)c1ccc2c(c1)OCO2. The monoisotopic (exact) mass is 452 g/mol. The van der Waals surface area contributed by atoms with E-state index in [1.807, 2.05) is 0 Å². The predicted molar refractivity (Wildman–Crippen MR) is 113 cm³/mol. The largest absolute Gasteiger partial charge is 0.507 e. The van der Waals surface area contributed by atoms with Gasteiger partial charge in [0, 0.05) is 17.4 Å². The molecule has 0 spiro atoms. The number of nitrogens with zero attached hydrogens (tertiary/aromatic N) is 2. The van der Waals surface area contributed by atoms with Gasteiger partial charge in [0.1, 0.15) is 17.6 Å². The van der Waals surface area contributed by atoms with Gasteiger partial charge in [0.2, 0.25) is 6.79 Å². The number of aliphatic hydroxyl groups excluding tert-OH is 1. The maximum Gasteiger partial charge on any atom is 0.300 e. The standard InChI is InChI=1S/C23H14ClFN2O5/c24-14-10-13(5-6-15(14)25)27-20(16-3-1-2-8-26-16)19(22(29)23(27)30)21(28)12-4-7-17-18(9-12)32-11-31-17/h1-10,20,28H,11H2/b21-19-. The number of carbonyl (C=O) groups excluding carboxylic acids is 2. The van der Waals surface area contributed by atoms with Gasteiger partial charge in [-0.1, -0.05) is 17.7 Å². The molecule has 1 N–H and O–H groups in total. The van der Waals surface area contributed by atoms with Crippen molar-refractivity contribution in [1.82, 2.24) is 4.98 Å². The number of aromatic nitrogens is 1. The van der Waals surface area contributed by atoms with Gasteiger partial charge in [-0.15, -0.1) is 0 Å².